The highest BCUT2D eigenvalue weighted by molar-refractivity contribution is 5.62. The molecule has 0 N–H and O–H groups in total. The fraction of sp³-hybridized carbons (Fsp3) is 0.421. The minimum absolute atomic E-state index is 0.146. The van der Waals surface area contributed by atoms with Crippen LogP contribution in [0.5, 0.6) is 0 Å². The van der Waals surface area contributed by atoms with Gasteiger partial charge in [-0.15, -0.1) is 0 Å². The van der Waals surface area contributed by atoms with Crippen LogP contribution >= 0.6 is 0 Å². The standard InChI is InChI=1S/C19H22FN/c1-13-3-7-15(8-4-13)17-11-18(20)19(21-12-17)16-9-5-14(2)6-10-16/h3-4,7-8,11-12,14,16H,5-6,9-10H2,1-2H3. The number of hydrogen-bond donors (Lipinski definition) is 0. The van der Waals surface area contributed by atoms with E-state index in [2.05, 4.69) is 18.8 Å². The van der Waals surface area contributed by atoms with E-state index in [4.69, 9.17) is 0 Å². The van der Waals surface area contributed by atoms with Crippen molar-refractivity contribution < 1.29 is 4.39 Å². The molecule has 0 amide bonds. The molecular formula is C19H22FN. The van der Waals surface area contributed by atoms with Gasteiger partial charge in [-0.1, -0.05) is 49.6 Å². The molecule has 1 fully saturated rings. The van der Waals surface area contributed by atoms with Gasteiger partial charge in [0.05, 0.1) is 5.69 Å². The zero-order chi connectivity index (χ0) is 14.8. The van der Waals surface area contributed by atoms with Gasteiger partial charge in [0.1, 0.15) is 5.82 Å². The minimum atomic E-state index is -0.146. The molecule has 0 atom stereocenters. The molecule has 0 aliphatic heterocycles. The van der Waals surface area contributed by atoms with Crippen LogP contribution in [-0.2, 0) is 0 Å². The summed E-state index contributed by atoms with van der Waals surface area (Å²) in [6, 6.07) is 9.78. The summed E-state index contributed by atoms with van der Waals surface area (Å²) in [5.41, 5.74) is 3.76. The van der Waals surface area contributed by atoms with Gasteiger partial charge >= 0.3 is 0 Å². The molecule has 110 valence electrons. The third kappa shape index (κ3) is 3.15. The zero-order valence-corrected chi connectivity index (χ0v) is 12.8. The molecule has 0 spiro atoms. The number of aryl methyl sites for hydroxylation is 1. The summed E-state index contributed by atoms with van der Waals surface area (Å²) < 4.78 is 14.4. The molecule has 0 bridgehead atoms. The van der Waals surface area contributed by atoms with Crippen LogP contribution in [0.4, 0.5) is 4.39 Å². The van der Waals surface area contributed by atoms with E-state index in [1.165, 1.54) is 18.4 Å². The van der Waals surface area contributed by atoms with Crippen molar-refractivity contribution in [2.45, 2.75) is 45.4 Å². The molecule has 1 nitrogen and oxygen atoms in total. The van der Waals surface area contributed by atoms with Crippen molar-refractivity contribution in [3.63, 3.8) is 0 Å². The van der Waals surface area contributed by atoms with Crippen LogP contribution in [0.15, 0.2) is 36.5 Å². The summed E-state index contributed by atoms with van der Waals surface area (Å²) in [6.07, 6.45) is 6.32. The first-order valence-electron chi connectivity index (χ1n) is 7.86. The third-order valence-corrected chi connectivity index (χ3v) is 4.66. The molecule has 0 unspecified atom stereocenters. The molecule has 0 saturated heterocycles. The Hall–Kier alpha value is -1.70. The third-order valence-electron chi connectivity index (χ3n) is 4.66. The molecular weight excluding hydrogens is 261 g/mol. The van der Waals surface area contributed by atoms with Gasteiger partial charge in [0.15, 0.2) is 0 Å². The van der Waals surface area contributed by atoms with E-state index in [1.54, 1.807) is 6.07 Å². The van der Waals surface area contributed by atoms with Crippen molar-refractivity contribution in [3.8, 4) is 11.1 Å². The second kappa shape index (κ2) is 5.97. The van der Waals surface area contributed by atoms with Gasteiger partial charge in [-0.25, -0.2) is 4.39 Å². The van der Waals surface area contributed by atoms with Gasteiger partial charge in [0, 0.05) is 17.7 Å². The maximum Gasteiger partial charge on any atom is 0.145 e. The van der Waals surface area contributed by atoms with Crippen molar-refractivity contribution in [1.29, 1.82) is 0 Å². The number of benzene rings is 1. The van der Waals surface area contributed by atoms with Crippen LogP contribution in [0.1, 0.15) is 49.8 Å². The van der Waals surface area contributed by atoms with Crippen molar-refractivity contribution in [3.05, 3.63) is 53.6 Å². The highest BCUT2D eigenvalue weighted by Gasteiger charge is 2.23. The second-order valence-electron chi connectivity index (χ2n) is 6.41. The van der Waals surface area contributed by atoms with Crippen LogP contribution < -0.4 is 0 Å². The van der Waals surface area contributed by atoms with Crippen LogP contribution in [0.2, 0.25) is 0 Å². The molecule has 3 rings (SSSR count). The predicted octanol–water partition coefficient (Wildman–Crippen LogP) is 5.49. The lowest BCUT2D eigenvalue weighted by molar-refractivity contribution is 0.337. The van der Waals surface area contributed by atoms with Crippen molar-refractivity contribution in [1.82, 2.24) is 4.98 Å². The van der Waals surface area contributed by atoms with E-state index in [1.807, 2.05) is 30.5 Å². The molecule has 1 heterocycles. The molecule has 1 aliphatic carbocycles. The Labute approximate surface area is 126 Å². The average molecular weight is 283 g/mol. The van der Waals surface area contributed by atoms with E-state index in [0.717, 1.165) is 29.9 Å². The lowest BCUT2D eigenvalue weighted by atomic mass is 9.81. The molecule has 1 saturated carbocycles. The molecule has 1 aromatic carbocycles. The molecule has 0 radical (unpaired) electrons. The molecule has 2 aromatic rings. The largest absolute Gasteiger partial charge is 0.257 e. The summed E-state index contributed by atoms with van der Waals surface area (Å²) in [6.45, 7) is 4.33. The number of nitrogens with zero attached hydrogens (tertiary/aromatic N) is 1. The van der Waals surface area contributed by atoms with Gasteiger partial charge in [-0.2, -0.15) is 0 Å². The molecule has 2 heteroatoms. The van der Waals surface area contributed by atoms with Crippen molar-refractivity contribution in [2.75, 3.05) is 0 Å². The van der Waals surface area contributed by atoms with Gasteiger partial charge in [-0.05, 0) is 37.3 Å². The first kappa shape index (κ1) is 14.2. The smallest absolute Gasteiger partial charge is 0.145 e. The fourth-order valence-electron chi connectivity index (χ4n) is 3.19. The van der Waals surface area contributed by atoms with E-state index in [0.29, 0.717) is 11.6 Å². The SMILES string of the molecule is Cc1ccc(-c2cnc(C3CCC(C)CC3)c(F)c2)cc1. The Morgan fingerprint density at radius 2 is 1.67 bits per heavy atom. The van der Waals surface area contributed by atoms with Crippen LogP contribution in [-0.4, -0.2) is 4.98 Å². The number of hydrogen-bond acceptors (Lipinski definition) is 1. The van der Waals surface area contributed by atoms with Crippen LogP contribution in [0.3, 0.4) is 0 Å². The molecule has 21 heavy (non-hydrogen) atoms. The Kier molecular flexibility index (Phi) is 4.05. The van der Waals surface area contributed by atoms with Crippen molar-refractivity contribution in [2.24, 2.45) is 5.92 Å². The van der Waals surface area contributed by atoms with Crippen LogP contribution in [0, 0.1) is 18.7 Å². The first-order valence-corrected chi connectivity index (χ1v) is 7.86. The Morgan fingerprint density at radius 1 is 1.00 bits per heavy atom. The second-order valence-corrected chi connectivity index (χ2v) is 6.41. The normalized spacial score (nSPS) is 22.2. The zero-order valence-electron chi connectivity index (χ0n) is 12.8. The van der Waals surface area contributed by atoms with E-state index in [-0.39, 0.29) is 5.82 Å². The topological polar surface area (TPSA) is 12.9 Å². The average Bonchev–Trinajstić information content (AvgIpc) is 2.49. The van der Waals surface area contributed by atoms with E-state index < -0.39 is 0 Å². The van der Waals surface area contributed by atoms with Crippen molar-refractivity contribution >= 4 is 0 Å². The lowest BCUT2D eigenvalue weighted by Crippen LogP contribution is -2.13. The predicted molar refractivity (Wildman–Crippen MR) is 84.7 cm³/mol. The molecule has 1 aromatic heterocycles. The van der Waals surface area contributed by atoms with E-state index >= 15 is 0 Å². The highest BCUT2D eigenvalue weighted by Crippen LogP contribution is 2.36. The number of halogens is 1. The number of pyridine rings is 1. The summed E-state index contributed by atoms with van der Waals surface area (Å²) in [5, 5.41) is 0. The summed E-state index contributed by atoms with van der Waals surface area (Å²) in [4.78, 5) is 4.45. The number of aromatic nitrogens is 1. The van der Waals surface area contributed by atoms with E-state index in [9.17, 15) is 4.39 Å². The summed E-state index contributed by atoms with van der Waals surface area (Å²) in [7, 11) is 0. The molecule has 1 aliphatic rings. The maximum absolute atomic E-state index is 14.4. The van der Waals surface area contributed by atoms with Crippen LogP contribution in [0.25, 0.3) is 11.1 Å². The number of rotatable bonds is 2. The Bertz CT molecular complexity index is 610. The van der Waals surface area contributed by atoms with Gasteiger partial charge in [0.25, 0.3) is 0 Å². The first-order chi connectivity index (χ1) is 10.1. The quantitative estimate of drug-likeness (QED) is 0.710. The Morgan fingerprint density at radius 3 is 2.29 bits per heavy atom. The minimum Gasteiger partial charge on any atom is -0.257 e. The van der Waals surface area contributed by atoms with Gasteiger partial charge in [0.2, 0.25) is 0 Å². The van der Waals surface area contributed by atoms with Gasteiger partial charge < -0.3 is 0 Å². The summed E-state index contributed by atoms with van der Waals surface area (Å²) in [5.74, 6) is 0.928. The van der Waals surface area contributed by atoms with Gasteiger partial charge in [-0.3, -0.25) is 4.98 Å². The Balaban J connectivity index is 1.84. The maximum atomic E-state index is 14.4. The summed E-state index contributed by atoms with van der Waals surface area (Å²) >= 11 is 0. The lowest BCUT2D eigenvalue weighted by Gasteiger charge is -2.26. The monoisotopic (exact) mass is 283 g/mol. The fourth-order valence-corrected chi connectivity index (χ4v) is 3.19. The highest BCUT2D eigenvalue weighted by atomic mass is 19.1.